The lowest BCUT2D eigenvalue weighted by molar-refractivity contribution is -0.131. The Labute approximate surface area is 116 Å². The highest BCUT2D eigenvalue weighted by Crippen LogP contribution is 2.19. The van der Waals surface area contributed by atoms with E-state index in [0.29, 0.717) is 12.1 Å². The van der Waals surface area contributed by atoms with Gasteiger partial charge in [-0.05, 0) is 30.7 Å². The zero-order valence-corrected chi connectivity index (χ0v) is 11.4. The van der Waals surface area contributed by atoms with Gasteiger partial charge >= 0.3 is 5.97 Å². The van der Waals surface area contributed by atoms with Crippen LogP contribution < -0.4 is 10.2 Å². The minimum absolute atomic E-state index is 0.0507. The van der Waals surface area contributed by atoms with Gasteiger partial charge in [-0.1, -0.05) is 6.07 Å². The zero-order chi connectivity index (χ0) is 15.1. The maximum Gasteiger partial charge on any atom is 0.328 e. The summed E-state index contributed by atoms with van der Waals surface area (Å²) >= 11 is 0. The molecule has 0 radical (unpaired) electrons. The van der Waals surface area contributed by atoms with Crippen molar-refractivity contribution in [3.63, 3.8) is 0 Å². The van der Waals surface area contributed by atoms with Crippen LogP contribution in [0.15, 0.2) is 24.3 Å². The van der Waals surface area contributed by atoms with Gasteiger partial charge in [-0.15, -0.1) is 0 Å². The van der Waals surface area contributed by atoms with Gasteiger partial charge in [0, 0.05) is 19.7 Å². The molecule has 0 spiro atoms. The van der Waals surface area contributed by atoms with Gasteiger partial charge in [0.15, 0.2) is 0 Å². The summed E-state index contributed by atoms with van der Waals surface area (Å²) in [5.41, 5.74) is 0.726. The van der Waals surface area contributed by atoms with Crippen LogP contribution in [0.25, 0.3) is 6.08 Å². The standard InChI is InChI=1S/C14H17FN2O3/c1-3-16-13(18)9-17(2)12-6-4-10(8-11(12)15)5-7-14(19)20/h4-8H,3,9H2,1-2H3,(H,16,18)(H,19,20). The molecular weight excluding hydrogens is 263 g/mol. The first kappa shape index (κ1) is 15.7. The van der Waals surface area contributed by atoms with Gasteiger partial charge in [0.25, 0.3) is 0 Å². The number of nitrogens with zero attached hydrogens (tertiary/aromatic N) is 1. The molecule has 0 aliphatic heterocycles. The Kier molecular flexibility index (Phi) is 5.71. The van der Waals surface area contributed by atoms with Crippen molar-refractivity contribution in [2.75, 3.05) is 25.0 Å². The molecule has 1 rings (SSSR count). The fourth-order valence-electron chi connectivity index (χ4n) is 1.66. The molecule has 0 saturated heterocycles. The van der Waals surface area contributed by atoms with E-state index in [4.69, 9.17) is 5.11 Å². The number of carbonyl (C=O) groups is 2. The van der Waals surface area contributed by atoms with Crippen LogP contribution in [0, 0.1) is 5.82 Å². The molecule has 0 bridgehead atoms. The number of carboxylic acid groups (broad SMARTS) is 1. The van der Waals surface area contributed by atoms with E-state index in [0.717, 1.165) is 6.08 Å². The summed E-state index contributed by atoms with van der Waals surface area (Å²) in [5.74, 6) is -1.79. The monoisotopic (exact) mass is 280 g/mol. The molecular formula is C14H17FN2O3. The summed E-state index contributed by atoms with van der Waals surface area (Å²) in [6.45, 7) is 2.38. The second-order valence-corrected chi connectivity index (χ2v) is 4.19. The van der Waals surface area contributed by atoms with E-state index in [1.807, 2.05) is 6.92 Å². The Balaban J connectivity index is 2.82. The van der Waals surface area contributed by atoms with Crippen molar-refractivity contribution in [2.24, 2.45) is 0 Å². The van der Waals surface area contributed by atoms with Crippen LogP contribution in [0.5, 0.6) is 0 Å². The highest BCUT2D eigenvalue weighted by molar-refractivity contribution is 5.85. The zero-order valence-electron chi connectivity index (χ0n) is 11.4. The van der Waals surface area contributed by atoms with E-state index < -0.39 is 11.8 Å². The molecule has 20 heavy (non-hydrogen) atoms. The molecule has 0 saturated carbocycles. The average molecular weight is 280 g/mol. The van der Waals surface area contributed by atoms with Gasteiger partial charge in [-0.25, -0.2) is 9.18 Å². The SMILES string of the molecule is CCNC(=O)CN(C)c1ccc(C=CC(=O)O)cc1F. The smallest absolute Gasteiger partial charge is 0.328 e. The van der Waals surface area contributed by atoms with Crippen LogP contribution in [-0.2, 0) is 9.59 Å². The van der Waals surface area contributed by atoms with Crippen molar-refractivity contribution in [2.45, 2.75) is 6.92 Å². The van der Waals surface area contributed by atoms with Crippen molar-refractivity contribution >= 4 is 23.6 Å². The van der Waals surface area contributed by atoms with Crippen LogP contribution in [0.4, 0.5) is 10.1 Å². The number of rotatable bonds is 6. The second-order valence-electron chi connectivity index (χ2n) is 4.19. The summed E-state index contributed by atoms with van der Waals surface area (Å²) < 4.78 is 13.9. The van der Waals surface area contributed by atoms with E-state index in [9.17, 15) is 14.0 Å². The fraction of sp³-hybridized carbons (Fsp3) is 0.286. The molecule has 108 valence electrons. The number of amides is 1. The third kappa shape index (κ3) is 4.72. The Morgan fingerprint density at radius 2 is 2.15 bits per heavy atom. The molecule has 0 atom stereocenters. The van der Waals surface area contributed by atoms with E-state index in [1.54, 1.807) is 13.1 Å². The molecule has 6 heteroatoms. The molecule has 2 N–H and O–H groups in total. The summed E-state index contributed by atoms with van der Waals surface area (Å²) in [5, 5.41) is 11.1. The van der Waals surface area contributed by atoms with Crippen molar-refractivity contribution in [3.05, 3.63) is 35.7 Å². The third-order valence-electron chi connectivity index (χ3n) is 2.56. The van der Waals surface area contributed by atoms with E-state index >= 15 is 0 Å². The number of likely N-dealkylation sites (N-methyl/N-ethyl adjacent to an activating group) is 2. The largest absolute Gasteiger partial charge is 0.478 e. The van der Waals surface area contributed by atoms with Crippen molar-refractivity contribution in [3.8, 4) is 0 Å². The highest BCUT2D eigenvalue weighted by Gasteiger charge is 2.11. The number of carbonyl (C=O) groups excluding carboxylic acids is 1. The molecule has 1 aromatic carbocycles. The highest BCUT2D eigenvalue weighted by atomic mass is 19.1. The summed E-state index contributed by atoms with van der Waals surface area (Å²) in [6.07, 6.45) is 2.24. The maximum absolute atomic E-state index is 13.9. The minimum Gasteiger partial charge on any atom is -0.478 e. The van der Waals surface area contributed by atoms with Crippen LogP contribution in [0.2, 0.25) is 0 Å². The van der Waals surface area contributed by atoms with Gasteiger partial charge in [0.2, 0.25) is 5.91 Å². The first-order valence-corrected chi connectivity index (χ1v) is 6.12. The summed E-state index contributed by atoms with van der Waals surface area (Å²) in [7, 11) is 1.61. The Morgan fingerprint density at radius 3 is 2.70 bits per heavy atom. The topological polar surface area (TPSA) is 69.6 Å². The summed E-state index contributed by atoms with van der Waals surface area (Å²) in [6, 6.07) is 4.32. The number of anilines is 1. The lowest BCUT2D eigenvalue weighted by atomic mass is 10.1. The van der Waals surface area contributed by atoms with Crippen molar-refractivity contribution in [1.82, 2.24) is 5.32 Å². The number of nitrogens with one attached hydrogen (secondary N) is 1. The van der Waals surface area contributed by atoms with Crippen LogP contribution in [-0.4, -0.2) is 37.1 Å². The maximum atomic E-state index is 13.9. The Hall–Kier alpha value is -2.37. The summed E-state index contributed by atoms with van der Waals surface area (Å²) in [4.78, 5) is 23.3. The Bertz CT molecular complexity index is 529. The molecule has 0 aliphatic carbocycles. The number of aliphatic carboxylic acids is 1. The predicted molar refractivity (Wildman–Crippen MR) is 75.0 cm³/mol. The minimum atomic E-state index is -1.09. The van der Waals surface area contributed by atoms with E-state index in [2.05, 4.69) is 5.32 Å². The number of hydrogen-bond acceptors (Lipinski definition) is 3. The molecule has 0 heterocycles. The number of halogens is 1. The molecule has 1 amide bonds. The molecule has 5 nitrogen and oxygen atoms in total. The second kappa shape index (κ2) is 7.28. The van der Waals surface area contributed by atoms with Crippen LogP contribution in [0.1, 0.15) is 12.5 Å². The first-order valence-electron chi connectivity index (χ1n) is 6.12. The van der Waals surface area contributed by atoms with Crippen molar-refractivity contribution < 1.29 is 19.1 Å². The lowest BCUT2D eigenvalue weighted by Crippen LogP contribution is -2.35. The van der Waals surface area contributed by atoms with Gasteiger partial charge in [0.1, 0.15) is 5.82 Å². The fourth-order valence-corrected chi connectivity index (χ4v) is 1.66. The number of hydrogen-bond donors (Lipinski definition) is 2. The molecule has 1 aromatic rings. The lowest BCUT2D eigenvalue weighted by Gasteiger charge is -2.19. The first-order chi connectivity index (χ1) is 9.43. The average Bonchev–Trinajstić information content (AvgIpc) is 2.36. The molecule has 0 aromatic heterocycles. The number of benzene rings is 1. The van der Waals surface area contributed by atoms with Gasteiger partial charge < -0.3 is 15.3 Å². The quantitative estimate of drug-likeness (QED) is 0.775. The Morgan fingerprint density at radius 1 is 1.45 bits per heavy atom. The number of carboxylic acids is 1. The normalized spacial score (nSPS) is 10.6. The van der Waals surface area contributed by atoms with Gasteiger partial charge in [-0.3, -0.25) is 4.79 Å². The van der Waals surface area contributed by atoms with E-state index in [1.165, 1.54) is 23.1 Å². The van der Waals surface area contributed by atoms with Crippen LogP contribution >= 0.6 is 0 Å². The third-order valence-corrected chi connectivity index (χ3v) is 2.56. The van der Waals surface area contributed by atoms with Gasteiger partial charge in [-0.2, -0.15) is 0 Å². The van der Waals surface area contributed by atoms with Crippen LogP contribution in [0.3, 0.4) is 0 Å². The van der Waals surface area contributed by atoms with E-state index in [-0.39, 0.29) is 18.1 Å². The molecule has 0 aliphatic rings. The predicted octanol–water partition coefficient (Wildman–Crippen LogP) is 1.50. The molecule has 0 unspecified atom stereocenters. The van der Waals surface area contributed by atoms with Gasteiger partial charge in [0.05, 0.1) is 12.2 Å². The van der Waals surface area contributed by atoms with Crippen molar-refractivity contribution in [1.29, 1.82) is 0 Å². The molecule has 0 fully saturated rings.